The first-order chi connectivity index (χ1) is 13.8. The van der Waals surface area contributed by atoms with Gasteiger partial charge in [0.25, 0.3) is 0 Å². The highest BCUT2D eigenvalue weighted by Gasteiger charge is 2.10. The van der Waals surface area contributed by atoms with Crippen LogP contribution in [0.5, 0.6) is 5.75 Å². The Morgan fingerprint density at radius 2 is 1.97 bits per heavy atom. The molecule has 5 N–H and O–H groups in total. The summed E-state index contributed by atoms with van der Waals surface area (Å²) in [6.07, 6.45) is 0.780. The molecule has 10 heteroatoms. The van der Waals surface area contributed by atoms with Crippen LogP contribution in [0.15, 0.2) is 65.7 Å². The molecule has 2 aromatic carbocycles. The SMILES string of the molecule is COc1cccc(C(O)CNc2ccnc(Nc3cccc(S(N)(=O)=O)c3)n2)c1. The maximum Gasteiger partial charge on any atom is 0.238 e. The number of aliphatic hydroxyl groups excluding tert-OH is 1. The Bertz CT molecular complexity index is 1090. The first-order valence-electron chi connectivity index (χ1n) is 8.64. The molecular formula is C19H21N5O4S. The predicted octanol–water partition coefficient (Wildman–Crippen LogP) is 2.02. The van der Waals surface area contributed by atoms with Gasteiger partial charge in [0.1, 0.15) is 11.6 Å². The van der Waals surface area contributed by atoms with Crippen molar-refractivity contribution >= 4 is 27.5 Å². The van der Waals surface area contributed by atoms with Crippen molar-refractivity contribution in [2.75, 3.05) is 24.3 Å². The molecule has 0 bridgehead atoms. The molecule has 0 aliphatic carbocycles. The van der Waals surface area contributed by atoms with Gasteiger partial charge in [0.15, 0.2) is 0 Å². The lowest BCUT2D eigenvalue weighted by atomic mass is 10.1. The third kappa shape index (κ3) is 5.64. The largest absolute Gasteiger partial charge is 0.497 e. The summed E-state index contributed by atoms with van der Waals surface area (Å²) in [4.78, 5) is 8.41. The molecule has 3 aromatic rings. The number of rotatable bonds is 8. The Kier molecular flexibility index (Phi) is 6.27. The van der Waals surface area contributed by atoms with E-state index in [1.54, 1.807) is 55.8 Å². The summed E-state index contributed by atoms with van der Waals surface area (Å²) in [7, 11) is -2.24. The molecule has 0 saturated heterocycles. The van der Waals surface area contributed by atoms with Crippen LogP contribution in [-0.2, 0) is 10.0 Å². The Balaban J connectivity index is 1.67. The fourth-order valence-electron chi connectivity index (χ4n) is 2.57. The third-order valence-corrected chi connectivity index (χ3v) is 4.94. The van der Waals surface area contributed by atoms with Gasteiger partial charge in [0, 0.05) is 18.4 Å². The monoisotopic (exact) mass is 415 g/mol. The second-order valence-corrected chi connectivity index (χ2v) is 7.70. The Labute approximate surface area is 168 Å². The molecule has 1 heterocycles. The van der Waals surface area contributed by atoms with Crippen LogP contribution in [0.2, 0.25) is 0 Å². The number of hydrogen-bond donors (Lipinski definition) is 4. The number of primary sulfonamides is 1. The Morgan fingerprint density at radius 1 is 1.17 bits per heavy atom. The molecular weight excluding hydrogens is 394 g/mol. The molecule has 9 nitrogen and oxygen atoms in total. The average molecular weight is 415 g/mol. The number of anilines is 3. The smallest absolute Gasteiger partial charge is 0.238 e. The summed E-state index contributed by atoms with van der Waals surface area (Å²) in [5.41, 5.74) is 1.19. The van der Waals surface area contributed by atoms with Crippen molar-refractivity contribution < 1.29 is 18.3 Å². The van der Waals surface area contributed by atoms with Gasteiger partial charge in [-0.1, -0.05) is 18.2 Å². The van der Waals surface area contributed by atoms with Crippen molar-refractivity contribution in [1.29, 1.82) is 0 Å². The summed E-state index contributed by atoms with van der Waals surface area (Å²) in [6, 6.07) is 14.9. The topological polar surface area (TPSA) is 139 Å². The zero-order chi connectivity index (χ0) is 20.9. The number of nitrogens with one attached hydrogen (secondary N) is 2. The molecule has 3 rings (SSSR count). The Morgan fingerprint density at radius 3 is 2.72 bits per heavy atom. The number of aliphatic hydroxyl groups is 1. The molecule has 0 aliphatic heterocycles. The molecule has 29 heavy (non-hydrogen) atoms. The minimum absolute atomic E-state index is 0.0156. The van der Waals surface area contributed by atoms with Crippen molar-refractivity contribution in [3.63, 3.8) is 0 Å². The highest BCUT2D eigenvalue weighted by Crippen LogP contribution is 2.21. The van der Waals surface area contributed by atoms with Crippen LogP contribution >= 0.6 is 0 Å². The highest BCUT2D eigenvalue weighted by atomic mass is 32.2. The van der Waals surface area contributed by atoms with Gasteiger partial charge >= 0.3 is 0 Å². The predicted molar refractivity (Wildman–Crippen MR) is 110 cm³/mol. The summed E-state index contributed by atoms with van der Waals surface area (Å²) in [5.74, 6) is 1.42. The van der Waals surface area contributed by atoms with Gasteiger partial charge in [0.2, 0.25) is 16.0 Å². The van der Waals surface area contributed by atoms with Crippen molar-refractivity contribution in [2.24, 2.45) is 5.14 Å². The number of aromatic nitrogens is 2. The van der Waals surface area contributed by atoms with E-state index >= 15 is 0 Å². The zero-order valence-corrected chi connectivity index (χ0v) is 16.4. The molecule has 0 aliphatic rings. The number of methoxy groups -OCH3 is 1. The van der Waals surface area contributed by atoms with Crippen LogP contribution in [0.25, 0.3) is 0 Å². The van der Waals surface area contributed by atoms with Gasteiger partial charge in [-0.05, 0) is 42.0 Å². The maximum absolute atomic E-state index is 11.5. The fourth-order valence-corrected chi connectivity index (χ4v) is 3.12. The van der Waals surface area contributed by atoms with Gasteiger partial charge in [-0.15, -0.1) is 0 Å². The van der Waals surface area contributed by atoms with Gasteiger partial charge in [-0.3, -0.25) is 0 Å². The van der Waals surface area contributed by atoms with E-state index in [1.165, 1.54) is 12.1 Å². The van der Waals surface area contributed by atoms with Crippen LogP contribution in [-0.4, -0.2) is 37.1 Å². The number of nitrogens with two attached hydrogens (primary N) is 1. The average Bonchev–Trinajstić information content (AvgIpc) is 2.72. The van der Waals surface area contributed by atoms with Crippen molar-refractivity contribution in [1.82, 2.24) is 9.97 Å². The number of sulfonamides is 1. The summed E-state index contributed by atoms with van der Waals surface area (Å²) in [6.45, 7) is 0.227. The summed E-state index contributed by atoms with van der Waals surface area (Å²) >= 11 is 0. The molecule has 152 valence electrons. The van der Waals surface area contributed by atoms with E-state index in [0.29, 0.717) is 22.8 Å². The molecule has 0 radical (unpaired) electrons. The highest BCUT2D eigenvalue weighted by molar-refractivity contribution is 7.89. The van der Waals surface area contributed by atoms with Crippen LogP contribution < -0.4 is 20.5 Å². The van der Waals surface area contributed by atoms with Gasteiger partial charge in [0.05, 0.1) is 18.1 Å². The van der Waals surface area contributed by atoms with Gasteiger partial charge in [-0.2, -0.15) is 4.98 Å². The molecule has 1 atom stereocenters. The van der Waals surface area contributed by atoms with Crippen molar-refractivity contribution in [2.45, 2.75) is 11.0 Å². The lowest BCUT2D eigenvalue weighted by Crippen LogP contribution is -2.14. The second kappa shape index (κ2) is 8.86. The van der Waals surface area contributed by atoms with E-state index in [0.717, 1.165) is 0 Å². The lowest BCUT2D eigenvalue weighted by Gasteiger charge is -2.14. The lowest BCUT2D eigenvalue weighted by molar-refractivity contribution is 0.191. The maximum atomic E-state index is 11.5. The standard InChI is InChI=1S/C19H21N5O4S/c1-28-15-6-2-4-13(10-15)17(25)12-22-18-8-9-21-19(24-18)23-14-5-3-7-16(11-14)29(20,26)27/h2-11,17,25H,12H2,1H3,(H2,20,26,27)(H2,21,22,23,24). The fraction of sp³-hybridized carbons (Fsp3) is 0.158. The van der Waals surface area contributed by atoms with E-state index in [9.17, 15) is 13.5 Å². The van der Waals surface area contributed by atoms with Crippen LogP contribution in [0.3, 0.4) is 0 Å². The Hall–Kier alpha value is -3.21. The van der Waals surface area contributed by atoms with Crippen molar-refractivity contribution in [3.05, 3.63) is 66.4 Å². The van der Waals surface area contributed by atoms with Gasteiger partial charge < -0.3 is 20.5 Å². The third-order valence-electron chi connectivity index (χ3n) is 4.03. The first kappa shape index (κ1) is 20.5. The second-order valence-electron chi connectivity index (χ2n) is 6.14. The molecule has 1 aromatic heterocycles. The first-order valence-corrected chi connectivity index (χ1v) is 10.2. The van der Waals surface area contributed by atoms with Gasteiger partial charge in [-0.25, -0.2) is 18.5 Å². The number of hydrogen-bond acceptors (Lipinski definition) is 8. The van der Waals surface area contributed by atoms with Crippen molar-refractivity contribution in [3.8, 4) is 5.75 Å². The zero-order valence-electron chi connectivity index (χ0n) is 15.6. The normalized spacial score (nSPS) is 12.2. The van der Waals surface area contributed by atoms with E-state index in [4.69, 9.17) is 9.88 Å². The number of nitrogens with zero attached hydrogens (tertiary/aromatic N) is 2. The quantitative estimate of drug-likeness (QED) is 0.438. The molecule has 1 unspecified atom stereocenters. The minimum atomic E-state index is -3.81. The van der Waals surface area contributed by atoms with E-state index in [1.807, 2.05) is 0 Å². The minimum Gasteiger partial charge on any atom is -0.497 e. The van der Waals surface area contributed by atoms with E-state index in [-0.39, 0.29) is 17.4 Å². The number of ether oxygens (including phenoxy) is 1. The summed E-state index contributed by atoms with van der Waals surface area (Å²) in [5, 5.41) is 21.5. The van der Waals surface area contributed by atoms with Crippen LogP contribution in [0.1, 0.15) is 11.7 Å². The summed E-state index contributed by atoms with van der Waals surface area (Å²) < 4.78 is 28.1. The number of benzene rings is 2. The van der Waals surface area contributed by atoms with E-state index in [2.05, 4.69) is 20.6 Å². The van der Waals surface area contributed by atoms with E-state index < -0.39 is 16.1 Å². The van der Waals surface area contributed by atoms with Crippen LogP contribution in [0.4, 0.5) is 17.5 Å². The molecule has 0 fully saturated rings. The molecule has 0 amide bonds. The molecule has 0 saturated carbocycles. The molecule has 0 spiro atoms. The van der Waals surface area contributed by atoms with Crippen LogP contribution in [0, 0.1) is 0 Å².